The van der Waals surface area contributed by atoms with Crippen molar-refractivity contribution in [2.45, 2.75) is 19.4 Å². The molecular weight excluding hydrogens is 423 g/mol. The number of hydrogen-bond acceptors (Lipinski definition) is 6. The largest absolute Gasteiger partial charge is 0.490 e. The van der Waals surface area contributed by atoms with Crippen molar-refractivity contribution in [2.75, 3.05) is 20.3 Å². The van der Waals surface area contributed by atoms with Gasteiger partial charge in [0.2, 0.25) is 5.95 Å². The molecule has 1 aromatic heterocycles. The Morgan fingerprint density at radius 2 is 1.73 bits per heavy atom. The molecule has 0 spiro atoms. The van der Waals surface area contributed by atoms with E-state index < -0.39 is 11.5 Å². The minimum atomic E-state index is -1.45. The van der Waals surface area contributed by atoms with Gasteiger partial charge in [-0.2, -0.15) is 4.39 Å². The van der Waals surface area contributed by atoms with Crippen molar-refractivity contribution in [3.63, 3.8) is 0 Å². The second kappa shape index (κ2) is 8.90. The molecule has 1 atom stereocenters. The summed E-state index contributed by atoms with van der Waals surface area (Å²) in [5.41, 5.74) is 6.65. The number of nitrogens with zero attached hydrogens (tertiary/aromatic N) is 3. The first-order chi connectivity index (χ1) is 15.9. The summed E-state index contributed by atoms with van der Waals surface area (Å²) in [7, 11) is 1.57. The third-order valence-corrected chi connectivity index (χ3v) is 5.55. The van der Waals surface area contributed by atoms with Crippen LogP contribution < -0.4 is 15.2 Å². The Hall–Kier alpha value is -3.94. The Kier molecular flexibility index (Phi) is 6.00. The fourth-order valence-electron chi connectivity index (χ4n) is 3.97. The van der Waals surface area contributed by atoms with Gasteiger partial charge in [-0.15, -0.1) is 0 Å². The fourth-order valence-corrected chi connectivity index (χ4v) is 3.97. The first kappa shape index (κ1) is 22.3. The first-order valence-electron chi connectivity index (χ1n) is 10.7. The number of carbonyl (C=O) groups is 1. The quantitative estimate of drug-likeness (QED) is 0.557. The molecule has 2 aromatic carbocycles. The van der Waals surface area contributed by atoms with E-state index in [1.165, 1.54) is 11.1 Å². The molecule has 0 bridgehead atoms. The van der Waals surface area contributed by atoms with Crippen LogP contribution in [0.1, 0.15) is 25.0 Å². The average molecular weight is 448 g/mol. The maximum atomic E-state index is 14.4. The molecule has 2 heterocycles. The van der Waals surface area contributed by atoms with Crippen molar-refractivity contribution in [1.29, 1.82) is 0 Å². The Morgan fingerprint density at radius 3 is 2.39 bits per heavy atom. The van der Waals surface area contributed by atoms with Gasteiger partial charge in [0.05, 0.1) is 13.2 Å². The van der Waals surface area contributed by atoms with E-state index in [1.54, 1.807) is 61.6 Å². The molecule has 0 unspecified atom stereocenters. The number of amides is 1. The zero-order valence-electron chi connectivity index (χ0n) is 18.7. The van der Waals surface area contributed by atoms with Crippen LogP contribution in [0.15, 0.2) is 65.8 Å². The van der Waals surface area contributed by atoms with E-state index in [1.807, 2.05) is 13.8 Å². The van der Waals surface area contributed by atoms with E-state index in [4.69, 9.17) is 15.2 Å². The van der Waals surface area contributed by atoms with Crippen LogP contribution in [0.2, 0.25) is 0 Å². The number of guanidine groups is 1. The van der Waals surface area contributed by atoms with Crippen LogP contribution in [-0.2, 0) is 10.3 Å². The number of aromatic nitrogens is 1. The molecule has 3 aromatic rings. The number of benzene rings is 2. The van der Waals surface area contributed by atoms with Gasteiger partial charge in [-0.3, -0.25) is 9.69 Å². The lowest BCUT2D eigenvalue weighted by atomic mass is 9.81. The molecule has 0 radical (unpaired) electrons. The van der Waals surface area contributed by atoms with Gasteiger partial charge in [0.15, 0.2) is 23.0 Å². The molecule has 8 heteroatoms. The number of halogens is 1. The van der Waals surface area contributed by atoms with E-state index in [0.29, 0.717) is 47.0 Å². The Morgan fingerprint density at radius 1 is 1.00 bits per heavy atom. The van der Waals surface area contributed by atoms with Crippen LogP contribution >= 0.6 is 0 Å². The summed E-state index contributed by atoms with van der Waals surface area (Å²) in [5.74, 6) is 0.239. The molecule has 0 saturated carbocycles. The Balaban J connectivity index is 1.93. The predicted octanol–water partition coefficient (Wildman–Crippen LogP) is 3.72. The highest BCUT2D eigenvalue weighted by Gasteiger charge is 2.50. The van der Waals surface area contributed by atoms with Crippen LogP contribution in [0.5, 0.6) is 11.5 Å². The normalized spacial score (nSPS) is 17.8. The molecule has 0 saturated heterocycles. The van der Waals surface area contributed by atoms with Crippen LogP contribution in [0.3, 0.4) is 0 Å². The molecule has 33 heavy (non-hydrogen) atoms. The number of carbonyl (C=O) groups excluding carboxylic acids is 1. The monoisotopic (exact) mass is 448 g/mol. The van der Waals surface area contributed by atoms with Crippen molar-refractivity contribution in [3.05, 3.63) is 77.9 Å². The van der Waals surface area contributed by atoms with E-state index >= 15 is 0 Å². The summed E-state index contributed by atoms with van der Waals surface area (Å²) in [5, 5.41) is 0. The SMILES string of the molecule is CCOc1ccc([C@@]2(c3cccc(-c4cccnc4F)c3)N=C(N)N(C)C2=O)cc1OCC. The highest BCUT2D eigenvalue weighted by atomic mass is 19.1. The maximum absolute atomic E-state index is 14.4. The fraction of sp³-hybridized carbons (Fsp3) is 0.240. The smallest absolute Gasteiger partial charge is 0.266 e. The third kappa shape index (κ3) is 3.77. The van der Waals surface area contributed by atoms with Crippen LogP contribution in [0.4, 0.5) is 4.39 Å². The van der Waals surface area contributed by atoms with Crippen molar-refractivity contribution in [2.24, 2.45) is 10.7 Å². The van der Waals surface area contributed by atoms with E-state index in [0.717, 1.165) is 0 Å². The van der Waals surface area contributed by atoms with Gasteiger partial charge in [0.1, 0.15) is 0 Å². The molecule has 7 nitrogen and oxygen atoms in total. The summed E-state index contributed by atoms with van der Waals surface area (Å²) in [6.45, 7) is 4.64. The second-order valence-electron chi connectivity index (χ2n) is 7.49. The van der Waals surface area contributed by atoms with Crippen LogP contribution in [0.25, 0.3) is 11.1 Å². The lowest BCUT2D eigenvalue weighted by Gasteiger charge is -2.27. The molecule has 1 aliphatic rings. The number of hydrogen-bond donors (Lipinski definition) is 1. The Labute approximate surface area is 191 Å². The zero-order chi connectivity index (χ0) is 23.6. The summed E-state index contributed by atoms with van der Waals surface area (Å²) in [6.07, 6.45) is 1.39. The van der Waals surface area contributed by atoms with Crippen LogP contribution in [-0.4, -0.2) is 42.0 Å². The topological polar surface area (TPSA) is 90.0 Å². The van der Waals surface area contributed by atoms with Crippen LogP contribution in [0, 0.1) is 5.95 Å². The molecule has 1 aliphatic heterocycles. The van der Waals surface area contributed by atoms with Crippen molar-refractivity contribution >= 4 is 11.9 Å². The Bertz CT molecular complexity index is 1230. The maximum Gasteiger partial charge on any atom is 0.266 e. The standard InChI is InChI=1S/C25H25FN4O3/c1-4-32-20-12-11-18(15-21(20)33-5-2)25(23(31)30(3)24(27)29-25)17-9-6-8-16(14-17)19-10-7-13-28-22(19)26/h6-15H,4-5H2,1-3H3,(H2,27,29)/t25-/m1/s1. The highest BCUT2D eigenvalue weighted by molar-refractivity contribution is 6.09. The molecule has 170 valence electrons. The predicted molar refractivity (Wildman–Crippen MR) is 124 cm³/mol. The summed E-state index contributed by atoms with van der Waals surface area (Å²) < 4.78 is 25.9. The summed E-state index contributed by atoms with van der Waals surface area (Å²) >= 11 is 0. The van der Waals surface area contributed by atoms with E-state index in [2.05, 4.69) is 9.98 Å². The summed E-state index contributed by atoms with van der Waals surface area (Å²) in [4.78, 5) is 23.3. The minimum absolute atomic E-state index is 0.0878. The molecule has 2 N–H and O–H groups in total. The van der Waals surface area contributed by atoms with Gasteiger partial charge in [-0.05, 0) is 60.9 Å². The number of aliphatic imine (C=N–C) groups is 1. The number of likely N-dealkylation sites (N-methyl/N-ethyl adjacent to an activating group) is 1. The lowest BCUT2D eigenvalue weighted by molar-refractivity contribution is -0.129. The zero-order valence-corrected chi connectivity index (χ0v) is 18.7. The number of pyridine rings is 1. The second-order valence-corrected chi connectivity index (χ2v) is 7.49. The van der Waals surface area contributed by atoms with Crippen molar-refractivity contribution < 1.29 is 18.7 Å². The van der Waals surface area contributed by atoms with Gasteiger partial charge in [-0.25, -0.2) is 9.98 Å². The van der Waals surface area contributed by atoms with Crippen molar-refractivity contribution in [3.8, 4) is 22.6 Å². The number of nitrogens with two attached hydrogens (primary N) is 1. The first-order valence-corrected chi connectivity index (χ1v) is 10.7. The third-order valence-electron chi connectivity index (χ3n) is 5.55. The van der Waals surface area contributed by atoms with Gasteiger partial charge in [0, 0.05) is 18.8 Å². The highest BCUT2D eigenvalue weighted by Crippen LogP contribution is 2.43. The van der Waals surface area contributed by atoms with Gasteiger partial charge >= 0.3 is 0 Å². The lowest BCUT2D eigenvalue weighted by Crippen LogP contribution is -2.41. The molecular formula is C25H25FN4O3. The molecule has 1 amide bonds. The summed E-state index contributed by atoms with van der Waals surface area (Å²) in [6, 6.07) is 15.6. The van der Waals surface area contributed by atoms with Gasteiger partial charge < -0.3 is 15.2 Å². The number of ether oxygens (including phenoxy) is 2. The van der Waals surface area contributed by atoms with E-state index in [9.17, 15) is 9.18 Å². The number of rotatable bonds is 7. The molecule has 0 aliphatic carbocycles. The minimum Gasteiger partial charge on any atom is -0.490 e. The van der Waals surface area contributed by atoms with Gasteiger partial charge in [-0.1, -0.05) is 24.3 Å². The molecule has 4 rings (SSSR count). The van der Waals surface area contributed by atoms with Gasteiger partial charge in [0.25, 0.3) is 5.91 Å². The molecule has 0 fully saturated rings. The van der Waals surface area contributed by atoms with E-state index in [-0.39, 0.29) is 11.9 Å². The average Bonchev–Trinajstić information content (AvgIpc) is 3.06. The van der Waals surface area contributed by atoms with Crippen molar-refractivity contribution in [1.82, 2.24) is 9.88 Å².